The average Bonchev–Trinajstić information content (AvgIpc) is 1.86. The Kier molecular flexibility index (Phi) is 3.57. The van der Waals surface area contributed by atoms with Crippen LogP contribution in [0.2, 0.25) is 0 Å². The van der Waals surface area contributed by atoms with Gasteiger partial charge in [0, 0.05) is 18.0 Å². The van der Waals surface area contributed by atoms with Crippen molar-refractivity contribution >= 4 is 6.21 Å². The van der Waals surface area contributed by atoms with Crippen LogP contribution in [0.5, 0.6) is 0 Å². The number of hydrogen-bond donors (Lipinski definition) is 0. The Balaban J connectivity index is 4.23. The lowest BCUT2D eigenvalue weighted by atomic mass is 10.3. The van der Waals surface area contributed by atoms with E-state index in [9.17, 15) is 13.2 Å². The van der Waals surface area contributed by atoms with Crippen LogP contribution in [-0.4, -0.2) is 12.4 Å². The lowest BCUT2D eigenvalue weighted by molar-refractivity contribution is -0.0914. The molecule has 0 radical (unpaired) electrons. The van der Waals surface area contributed by atoms with Crippen molar-refractivity contribution in [3.8, 4) is 0 Å². The van der Waals surface area contributed by atoms with Gasteiger partial charge in [0.1, 0.15) is 0 Å². The maximum absolute atomic E-state index is 11.7. The molecule has 0 N–H and O–H groups in total. The van der Waals surface area contributed by atoms with Crippen molar-refractivity contribution in [2.75, 3.05) is 0 Å². The highest BCUT2D eigenvalue weighted by Crippen LogP contribution is 2.24. The van der Waals surface area contributed by atoms with E-state index in [0.717, 1.165) is 13.1 Å². The Bertz CT molecular complexity index is 188. The molecule has 0 aliphatic heterocycles. The summed E-state index contributed by atoms with van der Waals surface area (Å²) in [6, 6.07) is 0. The van der Waals surface area contributed by atoms with Gasteiger partial charge >= 0.3 is 6.18 Å². The number of halogens is 3. The van der Waals surface area contributed by atoms with E-state index in [1.54, 1.807) is 0 Å². The van der Waals surface area contributed by atoms with Crippen molar-refractivity contribution in [1.82, 2.24) is 0 Å². The zero-order valence-corrected chi connectivity index (χ0v) is 6.02. The zero-order valence-electron chi connectivity index (χ0n) is 6.02. The molecule has 0 aromatic carbocycles. The monoisotopic (exact) mass is 163 g/mol. The van der Waals surface area contributed by atoms with E-state index in [1.807, 2.05) is 0 Å². The highest BCUT2D eigenvalue weighted by Gasteiger charge is 2.29. The molecule has 0 saturated heterocycles. The predicted molar refractivity (Wildman–Crippen MR) is 38.5 cm³/mol. The first kappa shape index (κ1) is 9.94. The van der Waals surface area contributed by atoms with Crippen molar-refractivity contribution < 1.29 is 13.2 Å². The summed E-state index contributed by atoms with van der Waals surface area (Å²) in [5.41, 5.74) is -0.726. The van der Waals surface area contributed by atoms with E-state index >= 15 is 0 Å². The SMILES string of the molecule is C=C/C=N\C=C(/C)C(F)(F)F. The van der Waals surface area contributed by atoms with Gasteiger partial charge in [0.15, 0.2) is 0 Å². The minimum atomic E-state index is -4.28. The first-order valence-electron chi connectivity index (χ1n) is 2.86. The molecule has 0 spiro atoms. The van der Waals surface area contributed by atoms with E-state index in [2.05, 4.69) is 11.6 Å². The summed E-state index contributed by atoms with van der Waals surface area (Å²) in [5.74, 6) is 0. The third kappa shape index (κ3) is 4.36. The van der Waals surface area contributed by atoms with Gasteiger partial charge in [-0.2, -0.15) is 13.2 Å². The molecule has 0 aliphatic rings. The summed E-state index contributed by atoms with van der Waals surface area (Å²) < 4.78 is 35.1. The molecule has 0 rings (SSSR count). The number of allylic oxidation sites excluding steroid dienone is 2. The molecule has 62 valence electrons. The first-order valence-corrected chi connectivity index (χ1v) is 2.86. The van der Waals surface area contributed by atoms with Crippen molar-refractivity contribution in [3.05, 3.63) is 24.4 Å². The standard InChI is InChI=1S/C7H8F3N/c1-3-4-11-5-6(2)7(8,9)10/h3-5H,1H2,2H3/b6-5+,11-4-. The minimum Gasteiger partial charge on any atom is -0.264 e. The molecule has 0 atom stereocenters. The van der Waals surface area contributed by atoms with Crippen LogP contribution in [0.1, 0.15) is 6.92 Å². The van der Waals surface area contributed by atoms with Crippen LogP contribution in [0.15, 0.2) is 29.4 Å². The van der Waals surface area contributed by atoms with Crippen molar-refractivity contribution in [2.24, 2.45) is 4.99 Å². The van der Waals surface area contributed by atoms with Gasteiger partial charge in [0.05, 0.1) is 0 Å². The molecule has 11 heavy (non-hydrogen) atoms. The second-order valence-corrected chi connectivity index (χ2v) is 1.84. The number of aliphatic imine (C=N–C) groups is 1. The molecule has 0 aliphatic carbocycles. The Morgan fingerprint density at radius 2 is 2.00 bits per heavy atom. The van der Waals surface area contributed by atoms with E-state index in [1.165, 1.54) is 12.3 Å². The van der Waals surface area contributed by atoms with Crippen molar-refractivity contribution in [2.45, 2.75) is 13.1 Å². The summed E-state index contributed by atoms with van der Waals surface area (Å²) in [6.07, 6.45) is -1.03. The molecule has 0 aromatic rings. The van der Waals surface area contributed by atoms with Crippen LogP contribution in [0.25, 0.3) is 0 Å². The molecule has 0 bridgehead atoms. The Labute approximate surface area is 62.9 Å². The summed E-state index contributed by atoms with van der Waals surface area (Å²) in [7, 11) is 0. The topological polar surface area (TPSA) is 12.4 Å². The molecular formula is C7H8F3N. The highest BCUT2D eigenvalue weighted by atomic mass is 19.4. The fourth-order valence-electron chi connectivity index (χ4n) is 0.289. The van der Waals surface area contributed by atoms with Gasteiger partial charge in [0.2, 0.25) is 0 Å². The Hall–Kier alpha value is -1.06. The molecule has 0 heterocycles. The minimum absolute atomic E-state index is 0.726. The maximum Gasteiger partial charge on any atom is 0.413 e. The number of alkyl halides is 3. The summed E-state index contributed by atoms with van der Waals surface area (Å²) in [5, 5.41) is 0. The van der Waals surface area contributed by atoms with E-state index in [4.69, 9.17) is 0 Å². The first-order chi connectivity index (χ1) is 4.98. The normalized spacial score (nSPS) is 14.0. The number of nitrogens with zero attached hydrogens (tertiary/aromatic N) is 1. The summed E-state index contributed by atoms with van der Waals surface area (Å²) >= 11 is 0. The fourth-order valence-corrected chi connectivity index (χ4v) is 0.289. The number of hydrogen-bond acceptors (Lipinski definition) is 1. The molecule has 0 aromatic heterocycles. The smallest absolute Gasteiger partial charge is 0.264 e. The molecule has 0 fully saturated rings. The zero-order chi connectivity index (χ0) is 8.91. The quantitative estimate of drug-likeness (QED) is 0.555. The Morgan fingerprint density at radius 1 is 1.45 bits per heavy atom. The third-order valence-electron chi connectivity index (χ3n) is 0.907. The van der Waals surface area contributed by atoms with Gasteiger partial charge in [-0.05, 0) is 6.92 Å². The van der Waals surface area contributed by atoms with Crippen LogP contribution in [0, 0.1) is 0 Å². The third-order valence-corrected chi connectivity index (χ3v) is 0.907. The highest BCUT2D eigenvalue weighted by molar-refractivity contribution is 5.70. The summed E-state index contributed by atoms with van der Waals surface area (Å²) in [6.45, 7) is 4.22. The van der Waals surface area contributed by atoms with Gasteiger partial charge < -0.3 is 0 Å². The molecule has 0 saturated carbocycles. The predicted octanol–water partition coefficient (Wildman–Crippen LogP) is 2.71. The van der Waals surface area contributed by atoms with Crippen LogP contribution >= 0.6 is 0 Å². The van der Waals surface area contributed by atoms with Crippen molar-refractivity contribution in [3.63, 3.8) is 0 Å². The molecular weight excluding hydrogens is 155 g/mol. The second-order valence-electron chi connectivity index (χ2n) is 1.84. The molecule has 0 unspecified atom stereocenters. The van der Waals surface area contributed by atoms with E-state index < -0.39 is 11.7 Å². The lowest BCUT2D eigenvalue weighted by Crippen LogP contribution is -2.08. The second kappa shape index (κ2) is 3.95. The van der Waals surface area contributed by atoms with Crippen molar-refractivity contribution in [1.29, 1.82) is 0 Å². The maximum atomic E-state index is 11.7. The largest absolute Gasteiger partial charge is 0.413 e. The van der Waals surface area contributed by atoms with Gasteiger partial charge in [-0.15, -0.1) is 0 Å². The molecule has 1 nitrogen and oxygen atoms in total. The Morgan fingerprint density at radius 3 is 2.36 bits per heavy atom. The van der Waals surface area contributed by atoms with Gasteiger partial charge in [0.25, 0.3) is 0 Å². The number of rotatable bonds is 2. The fraction of sp³-hybridized carbons (Fsp3) is 0.286. The van der Waals surface area contributed by atoms with Gasteiger partial charge in [-0.1, -0.05) is 12.7 Å². The molecule has 4 heteroatoms. The van der Waals surface area contributed by atoms with Gasteiger partial charge in [-0.25, -0.2) is 0 Å². The van der Waals surface area contributed by atoms with Gasteiger partial charge in [-0.3, -0.25) is 4.99 Å². The average molecular weight is 163 g/mol. The van der Waals surface area contributed by atoms with E-state index in [0.29, 0.717) is 0 Å². The molecule has 0 amide bonds. The van der Waals surface area contributed by atoms with E-state index in [-0.39, 0.29) is 0 Å². The van der Waals surface area contributed by atoms with Crippen LogP contribution in [0.3, 0.4) is 0 Å². The lowest BCUT2D eigenvalue weighted by Gasteiger charge is -2.03. The van der Waals surface area contributed by atoms with Crippen LogP contribution in [0.4, 0.5) is 13.2 Å². The van der Waals surface area contributed by atoms with Crippen LogP contribution < -0.4 is 0 Å². The van der Waals surface area contributed by atoms with Crippen LogP contribution in [-0.2, 0) is 0 Å². The summed E-state index contributed by atoms with van der Waals surface area (Å²) in [4.78, 5) is 3.33.